The first kappa shape index (κ1) is 21.0. The van der Waals surface area contributed by atoms with Crippen LogP contribution in [0, 0.1) is 11.3 Å². The van der Waals surface area contributed by atoms with Crippen LogP contribution in [0.5, 0.6) is 11.8 Å². The van der Waals surface area contributed by atoms with E-state index in [1.54, 1.807) is 20.8 Å². The summed E-state index contributed by atoms with van der Waals surface area (Å²) in [5.41, 5.74) is -4.21. The van der Waals surface area contributed by atoms with Crippen LogP contribution in [0.4, 0.5) is 13.2 Å². The zero-order chi connectivity index (χ0) is 22.9. The number of nitrogens with one attached hydrogen (secondary N) is 1. The van der Waals surface area contributed by atoms with Gasteiger partial charge in [0.1, 0.15) is 11.7 Å². The number of nitriles is 1. The van der Waals surface area contributed by atoms with E-state index in [0.717, 1.165) is 10.8 Å². The number of carbonyl (C=O) groups is 1. The molecule has 2 bridgehead atoms. The molecule has 4 heterocycles. The highest BCUT2D eigenvalue weighted by Crippen LogP contribution is 2.64. The lowest BCUT2D eigenvalue weighted by Crippen LogP contribution is -2.46. The molecule has 2 aliphatic heterocycles. The molecule has 0 unspecified atom stereocenters. The second-order valence-corrected chi connectivity index (χ2v) is 8.05. The van der Waals surface area contributed by atoms with Gasteiger partial charge in [-0.05, 0) is 19.9 Å². The molecule has 11 heteroatoms. The number of pyridine rings is 1. The minimum Gasteiger partial charge on any atom is -0.494 e. The van der Waals surface area contributed by atoms with Crippen LogP contribution < -0.4 is 5.32 Å². The number of ether oxygens (including phenoxy) is 1. The Hall–Kier alpha value is -3.26. The fourth-order valence-electron chi connectivity index (χ4n) is 4.67. The summed E-state index contributed by atoms with van der Waals surface area (Å²) in [5, 5.41) is 33.6. The molecule has 0 spiro atoms. The molecule has 31 heavy (non-hydrogen) atoms. The lowest BCUT2D eigenvalue weighted by molar-refractivity contribution is -0.138. The summed E-state index contributed by atoms with van der Waals surface area (Å²) in [7, 11) is 0. The van der Waals surface area contributed by atoms with Gasteiger partial charge in [0.05, 0.1) is 40.2 Å². The van der Waals surface area contributed by atoms with Crippen LogP contribution in [0.25, 0.3) is 5.69 Å². The molecular formula is C20H19F3N4O4. The molecule has 1 amide bonds. The van der Waals surface area contributed by atoms with Gasteiger partial charge >= 0.3 is 6.18 Å². The summed E-state index contributed by atoms with van der Waals surface area (Å²) >= 11 is 0. The maximum absolute atomic E-state index is 13.4. The highest BCUT2D eigenvalue weighted by Gasteiger charge is 2.64. The number of alkyl halides is 3. The smallest absolute Gasteiger partial charge is 0.419 e. The average molecular weight is 436 g/mol. The third-order valence-corrected chi connectivity index (χ3v) is 6.04. The summed E-state index contributed by atoms with van der Waals surface area (Å²) in [6.45, 7) is 5.01. The molecule has 1 fully saturated rings. The molecule has 2 aromatic rings. The van der Waals surface area contributed by atoms with Gasteiger partial charge in [-0.1, -0.05) is 6.92 Å². The molecule has 4 rings (SSSR count). The van der Waals surface area contributed by atoms with E-state index in [2.05, 4.69) is 10.3 Å². The fraction of sp³-hybridized carbons (Fsp3) is 0.450. The van der Waals surface area contributed by atoms with E-state index in [1.807, 2.05) is 0 Å². The van der Waals surface area contributed by atoms with Gasteiger partial charge in [0.25, 0.3) is 0 Å². The van der Waals surface area contributed by atoms with Gasteiger partial charge in [-0.25, -0.2) is 9.55 Å². The standard InChI is InChI=1S/C20H19F3N4O4/c1-4-13(28)26-12-6-18(2)14-15(19(12,3)31-18)17(30)27(16(14)29)9-5-10(20(21,22)23)11(7-24)25-8-9/h5,8,12,29-30H,4,6H2,1-3H3,(H,26,28)/t12-,18-,19+/m1/s1. The van der Waals surface area contributed by atoms with Crippen molar-refractivity contribution in [3.63, 3.8) is 0 Å². The number of rotatable bonds is 3. The van der Waals surface area contributed by atoms with E-state index in [1.165, 1.54) is 6.07 Å². The van der Waals surface area contributed by atoms with E-state index in [-0.39, 0.29) is 29.1 Å². The van der Waals surface area contributed by atoms with E-state index in [0.29, 0.717) is 12.5 Å². The Morgan fingerprint density at radius 2 is 2.03 bits per heavy atom. The molecule has 2 aromatic heterocycles. The largest absolute Gasteiger partial charge is 0.494 e. The molecule has 3 atom stereocenters. The Kier molecular flexibility index (Phi) is 4.31. The summed E-state index contributed by atoms with van der Waals surface area (Å²) in [5.74, 6) is -1.23. The van der Waals surface area contributed by atoms with Crippen LogP contribution in [-0.2, 0) is 26.9 Å². The van der Waals surface area contributed by atoms with Crippen molar-refractivity contribution < 1.29 is 32.9 Å². The number of carbonyl (C=O) groups excluding carboxylic acids is 1. The molecule has 8 nitrogen and oxygen atoms in total. The van der Waals surface area contributed by atoms with Crippen molar-refractivity contribution >= 4 is 5.91 Å². The van der Waals surface area contributed by atoms with Gasteiger partial charge in [-0.2, -0.15) is 18.4 Å². The van der Waals surface area contributed by atoms with Gasteiger partial charge < -0.3 is 20.3 Å². The summed E-state index contributed by atoms with van der Waals surface area (Å²) < 4.78 is 47.1. The van der Waals surface area contributed by atoms with Crippen molar-refractivity contribution in [2.45, 2.75) is 57.0 Å². The Bertz CT molecular complexity index is 1150. The monoisotopic (exact) mass is 436 g/mol. The number of nitrogens with zero attached hydrogens (tertiary/aromatic N) is 3. The van der Waals surface area contributed by atoms with Crippen molar-refractivity contribution in [1.82, 2.24) is 14.9 Å². The van der Waals surface area contributed by atoms with Crippen molar-refractivity contribution in [3.05, 3.63) is 34.6 Å². The predicted molar refractivity (Wildman–Crippen MR) is 99.2 cm³/mol. The van der Waals surface area contributed by atoms with Crippen LogP contribution in [-0.4, -0.2) is 31.7 Å². The zero-order valence-electron chi connectivity index (χ0n) is 16.8. The van der Waals surface area contributed by atoms with E-state index in [4.69, 9.17) is 10.00 Å². The number of amides is 1. The van der Waals surface area contributed by atoms with Gasteiger partial charge in [-0.15, -0.1) is 0 Å². The molecule has 0 saturated carbocycles. The number of aromatic nitrogens is 2. The third-order valence-electron chi connectivity index (χ3n) is 6.04. The molecule has 1 saturated heterocycles. The van der Waals surface area contributed by atoms with E-state index in [9.17, 15) is 28.2 Å². The zero-order valence-corrected chi connectivity index (χ0v) is 16.8. The summed E-state index contributed by atoms with van der Waals surface area (Å²) in [6.07, 6.45) is -3.35. The van der Waals surface area contributed by atoms with Gasteiger partial charge in [0, 0.05) is 12.8 Å². The number of hydrogen-bond acceptors (Lipinski definition) is 6. The molecule has 2 aliphatic rings. The first-order valence-electron chi connectivity index (χ1n) is 9.52. The van der Waals surface area contributed by atoms with Crippen molar-refractivity contribution in [1.29, 1.82) is 5.26 Å². The number of aromatic hydroxyl groups is 2. The minimum absolute atomic E-state index is 0.193. The van der Waals surface area contributed by atoms with E-state index >= 15 is 0 Å². The third kappa shape index (κ3) is 2.78. The Morgan fingerprint density at radius 1 is 1.39 bits per heavy atom. The normalized spacial score (nSPS) is 26.5. The Morgan fingerprint density at radius 3 is 2.61 bits per heavy atom. The molecule has 3 N–H and O–H groups in total. The maximum Gasteiger partial charge on any atom is 0.419 e. The highest BCUT2D eigenvalue weighted by molar-refractivity contribution is 5.76. The van der Waals surface area contributed by atoms with Crippen molar-refractivity contribution in [3.8, 4) is 23.5 Å². The van der Waals surface area contributed by atoms with Gasteiger partial charge in [-0.3, -0.25) is 4.79 Å². The predicted octanol–water partition coefficient (Wildman–Crippen LogP) is 2.93. The van der Waals surface area contributed by atoms with Crippen LogP contribution in [0.2, 0.25) is 0 Å². The van der Waals surface area contributed by atoms with Gasteiger partial charge in [0.2, 0.25) is 17.7 Å². The number of halogens is 3. The fourth-order valence-corrected chi connectivity index (χ4v) is 4.67. The highest BCUT2D eigenvalue weighted by atomic mass is 19.4. The van der Waals surface area contributed by atoms with Gasteiger partial charge in [0.15, 0.2) is 5.69 Å². The topological polar surface area (TPSA) is 120 Å². The summed E-state index contributed by atoms with van der Waals surface area (Å²) in [6, 6.07) is 1.52. The van der Waals surface area contributed by atoms with E-state index < -0.39 is 46.4 Å². The second kappa shape index (κ2) is 6.37. The average Bonchev–Trinajstić information content (AvgIpc) is 3.21. The van der Waals surface area contributed by atoms with Crippen LogP contribution in [0.3, 0.4) is 0 Å². The molecule has 0 radical (unpaired) electrons. The molecule has 0 aliphatic carbocycles. The molecule has 0 aromatic carbocycles. The van der Waals surface area contributed by atoms with Crippen molar-refractivity contribution in [2.75, 3.05) is 0 Å². The second-order valence-electron chi connectivity index (χ2n) is 8.05. The molecule has 164 valence electrons. The first-order valence-corrected chi connectivity index (χ1v) is 9.52. The summed E-state index contributed by atoms with van der Waals surface area (Å²) in [4.78, 5) is 15.5. The lowest BCUT2D eigenvalue weighted by Gasteiger charge is -2.30. The van der Waals surface area contributed by atoms with Crippen LogP contribution in [0.15, 0.2) is 12.3 Å². The number of fused-ring (bicyclic) bond motifs is 5. The SMILES string of the molecule is CCC(=O)N[C@@H]1C[C@@]2(C)O[C@]1(C)c1c2c(O)n(-c2cnc(C#N)c(C(F)(F)F)c2)c1O. The van der Waals surface area contributed by atoms with Crippen molar-refractivity contribution in [2.24, 2.45) is 0 Å². The van der Waals surface area contributed by atoms with Crippen LogP contribution in [0.1, 0.15) is 56.0 Å². The lowest BCUT2D eigenvalue weighted by atomic mass is 9.76. The number of hydrogen-bond donors (Lipinski definition) is 3. The quantitative estimate of drug-likeness (QED) is 0.681. The Balaban J connectivity index is 1.89. The first-order chi connectivity index (χ1) is 14.4. The van der Waals surface area contributed by atoms with Crippen LogP contribution >= 0.6 is 0 Å². The minimum atomic E-state index is -4.86. The Labute approximate surface area is 174 Å². The molecular weight excluding hydrogens is 417 g/mol. The maximum atomic E-state index is 13.4.